The van der Waals surface area contributed by atoms with E-state index in [1.54, 1.807) is 7.11 Å². The number of carbonyl (C=O) groups excluding carboxylic acids is 1. The minimum atomic E-state index is -0.190. The zero-order chi connectivity index (χ0) is 11.2. The van der Waals surface area contributed by atoms with Gasteiger partial charge in [-0.05, 0) is 24.2 Å². The van der Waals surface area contributed by atoms with Gasteiger partial charge in [-0.15, -0.1) is 0 Å². The second-order valence-electron chi connectivity index (χ2n) is 5.72. The van der Waals surface area contributed by atoms with Gasteiger partial charge in [0.15, 0.2) is 6.10 Å². The molecule has 2 aliphatic rings. The van der Waals surface area contributed by atoms with E-state index >= 15 is 0 Å². The summed E-state index contributed by atoms with van der Waals surface area (Å²) in [6.07, 6.45) is 2.21. The predicted octanol–water partition coefficient (Wildman–Crippen LogP) is 1.67. The summed E-state index contributed by atoms with van der Waals surface area (Å²) in [5.74, 6) is 0.806. The number of hydrogen-bond acceptors (Lipinski definition) is 2. The summed E-state index contributed by atoms with van der Waals surface area (Å²) in [5.41, 5.74) is 0.194. The highest BCUT2D eigenvalue weighted by Crippen LogP contribution is 2.43. The Morgan fingerprint density at radius 2 is 2.13 bits per heavy atom. The lowest BCUT2D eigenvalue weighted by Crippen LogP contribution is -2.69. The van der Waals surface area contributed by atoms with Gasteiger partial charge in [0.2, 0.25) is 0 Å². The summed E-state index contributed by atoms with van der Waals surface area (Å²) < 4.78 is 5.30. The van der Waals surface area contributed by atoms with Crippen LogP contribution in [0.1, 0.15) is 33.6 Å². The number of amides is 1. The Balaban J connectivity index is 2.22. The average molecular weight is 211 g/mol. The molecule has 3 heteroatoms. The maximum Gasteiger partial charge on any atom is 0.254 e. The molecule has 0 radical (unpaired) electrons. The molecular formula is C12H21NO2. The topological polar surface area (TPSA) is 29.5 Å². The summed E-state index contributed by atoms with van der Waals surface area (Å²) in [7, 11) is 1.64. The van der Waals surface area contributed by atoms with Crippen molar-refractivity contribution in [1.29, 1.82) is 0 Å². The molecular weight excluding hydrogens is 190 g/mol. The number of methoxy groups -OCH3 is 1. The minimum Gasteiger partial charge on any atom is -0.369 e. The molecule has 3 nitrogen and oxygen atoms in total. The zero-order valence-electron chi connectivity index (χ0n) is 10.1. The van der Waals surface area contributed by atoms with Crippen LogP contribution in [0.15, 0.2) is 0 Å². The van der Waals surface area contributed by atoms with Crippen molar-refractivity contribution in [3.05, 3.63) is 0 Å². The first kappa shape index (κ1) is 10.9. The van der Waals surface area contributed by atoms with Crippen LogP contribution in [0.5, 0.6) is 0 Å². The standard InChI is InChI=1S/C12H21NO2/c1-8-5-6-12(2,3)10-9(15-4)11(14)13(10)7-8/h8-10H,5-7H2,1-4H3/t8-,9-,10-/m0/s1. The SMILES string of the molecule is CO[C@@H]1C(=O)N2C[C@@H](C)CCC(C)(C)[C@H]12. The van der Waals surface area contributed by atoms with Crippen molar-refractivity contribution in [3.8, 4) is 0 Å². The quantitative estimate of drug-likeness (QED) is 0.617. The monoisotopic (exact) mass is 211 g/mol. The van der Waals surface area contributed by atoms with E-state index in [0.29, 0.717) is 12.0 Å². The van der Waals surface area contributed by atoms with Gasteiger partial charge >= 0.3 is 0 Å². The second-order valence-corrected chi connectivity index (χ2v) is 5.72. The lowest BCUT2D eigenvalue weighted by molar-refractivity contribution is -0.180. The molecule has 0 unspecified atom stereocenters. The molecule has 1 amide bonds. The van der Waals surface area contributed by atoms with E-state index in [4.69, 9.17) is 4.74 Å². The number of ether oxygens (including phenoxy) is 1. The van der Waals surface area contributed by atoms with Crippen molar-refractivity contribution in [2.24, 2.45) is 11.3 Å². The molecule has 2 heterocycles. The van der Waals surface area contributed by atoms with Crippen molar-refractivity contribution < 1.29 is 9.53 Å². The molecule has 0 aromatic heterocycles. The van der Waals surface area contributed by atoms with Gasteiger partial charge in [-0.3, -0.25) is 4.79 Å². The summed E-state index contributed by atoms with van der Waals surface area (Å²) in [6.45, 7) is 7.64. The van der Waals surface area contributed by atoms with Crippen LogP contribution in [0.2, 0.25) is 0 Å². The molecule has 0 aromatic carbocycles. The zero-order valence-corrected chi connectivity index (χ0v) is 10.1. The fraction of sp³-hybridized carbons (Fsp3) is 0.917. The third-order valence-electron chi connectivity index (χ3n) is 3.99. The fourth-order valence-electron chi connectivity index (χ4n) is 2.98. The van der Waals surface area contributed by atoms with E-state index in [9.17, 15) is 4.79 Å². The Morgan fingerprint density at radius 1 is 1.47 bits per heavy atom. The van der Waals surface area contributed by atoms with Crippen molar-refractivity contribution in [2.75, 3.05) is 13.7 Å². The van der Waals surface area contributed by atoms with E-state index in [2.05, 4.69) is 20.8 Å². The Hall–Kier alpha value is -0.570. The molecule has 0 spiro atoms. The van der Waals surface area contributed by atoms with Crippen LogP contribution >= 0.6 is 0 Å². The van der Waals surface area contributed by atoms with Crippen LogP contribution < -0.4 is 0 Å². The van der Waals surface area contributed by atoms with Crippen LogP contribution in [0.4, 0.5) is 0 Å². The third kappa shape index (κ3) is 1.57. The van der Waals surface area contributed by atoms with Gasteiger partial charge in [-0.25, -0.2) is 0 Å². The summed E-state index contributed by atoms with van der Waals surface area (Å²) >= 11 is 0. The molecule has 0 bridgehead atoms. The highest BCUT2D eigenvalue weighted by molar-refractivity contribution is 5.88. The largest absolute Gasteiger partial charge is 0.369 e. The molecule has 2 aliphatic heterocycles. The lowest BCUT2D eigenvalue weighted by Gasteiger charge is -2.52. The number of hydrogen-bond donors (Lipinski definition) is 0. The first-order valence-electron chi connectivity index (χ1n) is 5.80. The number of nitrogens with zero attached hydrogens (tertiary/aromatic N) is 1. The van der Waals surface area contributed by atoms with Gasteiger partial charge in [-0.1, -0.05) is 20.8 Å². The molecule has 2 fully saturated rings. The molecule has 0 aliphatic carbocycles. The minimum absolute atomic E-state index is 0.185. The van der Waals surface area contributed by atoms with E-state index in [-0.39, 0.29) is 17.4 Å². The summed E-state index contributed by atoms with van der Waals surface area (Å²) in [5, 5.41) is 0. The van der Waals surface area contributed by atoms with Crippen molar-refractivity contribution in [3.63, 3.8) is 0 Å². The van der Waals surface area contributed by atoms with E-state index in [1.165, 1.54) is 12.8 Å². The first-order valence-corrected chi connectivity index (χ1v) is 5.80. The van der Waals surface area contributed by atoms with E-state index in [1.807, 2.05) is 4.90 Å². The van der Waals surface area contributed by atoms with Gasteiger partial charge in [-0.2, -0.15) is 0 Å². The van der Waals surface area contributed by atoms with E-state index in [0.717, 1.165) is 6.54 Å². The molecule has 15 heavy (non-hydrogen) atoms. The molecule has 0 aromatic rings. The fourth-order valence-corrected chi connectivity index (χ4v) is 2.98. The first-order chi connectivity index (χ1) is 6.97. The normalized spacial score (nSPS) is 39.3. The summed E-state index contributed by atoms with van der Waals surface area (Å²) in [6, 6.07) is 0.292. The highest BCUT2D eigenvalue weighted by Gasteiger charge is 2.55. The maximum atomic E-state index is 11.8. The molecule has 2 rings (SSSR count). The number of fused-ring (bicyclic) bond motifs is 1. The van der Waals surface area contributed by atoms with Crippen LogP contribution in [-0.2, 0) is 9.53 Å². The number of rotatable bonds is 1. The van der Waals surface area contributed by atoms with Gasteiger partial charge < -0.3 is 9.64 Å². The predicted molar refractivity (Wildman–Crippen MR) is 58.5 cm³/mol. The van der Waals surface area contributed by atoms with Gasteiger partial charge in [0, 0.05) is 13.7 Å². The molecule has 3 atom stereocenters. The smallest absolute Gasteiger partial charge is 0.254 e. The van der Waals surface area contributed by atoms with E-state index < -0.39 is 0 Å². The third-order valence-corrected chi connectivity index (χ3v) is 3.99. The molecule has 0 N–H and O–H groups in total. The van der Waals surface area contributed by atoms with Crippen LogP contribution in [0, 0.1) is 11.3 Å². The second kappa shape index (κ2) is 3.48. The van der Waals surface area contributed by atoms with Crippen molar-refractivity contribution in [1.82, 2.24) is 4.90 Å². The Kier molecular flexibility index (Phi) is 2.53. The Bertz CT molecular complexity index is 275. The highest BCUT2D eigenvalue weighted by atomic mass is 16.5. The Labute approximate surface area is 91.8 Å². The molecule has 2 saturated heterocycles. The average Bonchev–Trinajstić information content (AvgIpc) is 2.27. The van der Waals surface area contributed by atoms with Gasteiger partial charge in [0.1, 0.15) is 0 Å². The lowest BCUT2D eigenvalue weighted by atomic mass is 9.73. The van der Waals surface area contributed by atoms with Crippen LogP contribution in [0.25, 0.3) is 0 Å². The number of carbonyl (C=O) groups is 1. The van der Waals surface area contributed by atoms with Crippen LogP contribution in [0.3, 0.4) is 0 Å². The number of β-lactam (4-membered cyclic amide) rings is 1. The Morgan fingerprint density at radius 3 is 2.73 bits per heavy atom. The van der Waals surface area contributed by atoms with Crippen molar-refractivity contribution in [2.45, 2.75) is 45.8 Å². The maximum absolute atomic E-state index is 11.8. The van der Waals surface area contributed by atoms with Crippen LogP contribution in [-0.4, -0.2) is 36.6 Å². The molecule has 0 saturated carbocycles. The summed E-state index contributed by atoms with van der Waals surface area (Å²) in [4.78, 5) is 13.8. The van der Waals surface area contributed by atoms with Gasteiger partial charge in [0.25, 0.3) is 5.91 Å². The van der Waals surface area contributed by atoms with Gasteiger partial charge in [0.05, 0.1) is 6.04 Å². The molecule has 86 valence electrons. The van der Waals surface area contributed by atoms with Crippen molar-refractivity contribution >= 4 is 5.91 Å².